The first-order valence-corrected chi connectivity index (χ1v) is 9.30. The summed E-state index contributed by atoms with van der Waals surface area (Å²) in [4.78, 5) is 0. The van der Waals surface area contributed by atoms with Crippen molar-refractivity contribution in [1.29, 1.82) is 0 Å². The Bertz CT molecular complexity index is 438. The van der Waals surface area contributed by atoms with Crippen LogP contribution in [0, 0.1) is 38.5 Å². The molecule has 1 aromatic carbocycles. The topological polar surface area (TPSA) is 0 Å². The predicted octanol–water partition coefficient (Wildman–Crippen LogP) is 5.38. The van der Waals surface area contributed by atoms with Crippen LogP contribution < -0.4 is 5.30 Å². The molecule has 0 amide bonds. The smallest absolute Gasteiger partial charge is 0.0163 e. The maximum atomic E-state index is 2.45. The predicted molar refractivity (Wildman–Crippen MR) is 93.7 cm³/mol. The van der Waals surface area contributed by atoms with E-state index in [1.165, 1.54) is 36.0 Å². The first-order valence-electron chi connectivity index (χ1n) is 8.23. The largest absolute Gasteiger partial charge is 0.0863 e. The summed E-state index contributed by atoms with van der Waals surface area (Å²) >= 11 is 0. The molecule has 0 aromatic heterocycles. The molecule has 1 unspecified atom stereocenters. The summed E-state index contributed by atoms with van der Waals surface area (Å²) in [7, 11) is 1.01. The Morgan fingerprint density at radius 1 is 1.05 bits per heavy atom. The van der Waals surface area contributed by atoms with Crippen LogP contribution in [0.25, 0.3) is 0 Å². The number of hydrogen-bond acceptors (Lipinski definition) is 0. The second-order valence-electron chi connectivity index (χ2n) is 7.35. The van der Waals surface area contributed by atoms with E-state index < -0.39 is 0 Å². The zero-order chi connectivity index (χ0) is 14.9. The average Bonchev–Trinajstić information content (AvgIpc) is 2.33. The molecule has 0 aliphatic heterocycles. The van der Waals surface area contributed by atoms with Crippen LogP contribution in [-0.2, 0) is 0 Å². The van der Waals surface area contributed by atoms with E-state index in [9.17, 15) is 0 Å². The van der Waals surface area contributed by atoms with E-state index in [4.69, 9.17) is 0 Å². The molecular formula is C19H31P. The van der Waals surface area contributed by atoms with Crippen LogP contribution in [0.1, 0.15) is 56.7 Å². The first kappa shape index (κ1) is 16.0. The Kier molecular flexibility index (Phi) is 5.30. The summed E-state index contributed by atoms with van der Waals surface area (Å²) in [5.74, 6) is 2.70. The fourth-order valence-electron chi connectivity index (χ4n) is 3.96. The molecular weight excluding hydrogens is 259 g/mol. The van der Waals surface area contributed by atoms with Gasteiger partial charge in [0.2, 0.25) is 0 Å². The van der Waals surface area contributed by atoms with Crippen molar-refractivity contribution in [3.05, 3.63) is 28.8 Å². The van der Waals surface area contributed by atoms with Gasteiger partial charge in [-0.1, -0.05) is 53.5 Å². The van der Waals surface area contributed by atoms with Crippen molar-refractivity contribution in [2.24, 2.45) is 17.8 Å². The van der Waals surface area contributed by atoms with Gasteiger partial charge in [-0.2, -0.15) is 0 Å². The highest BCUT2D eigenvalue weighted by Crippen LogP contribution is 2.43. The monoisotopic (exact) mass is 290 g/mol. The fourth-order valence-corrected chi connectivity index (χ4v) is 6.22. The van der Waals surface area contributed by atoms with Crippen LogP contribution in [0.15, 0.2) is 12.1 Å². The molecule has 0 saturated heterocycles. The number of benzene rings is 1. The zero-order valence-electron chi connectivity index (χ0n) is 14.1. The minimum absolute atomic E-state index is 0.839. The molecule has 0 nitrogen and oxygen atoms in total. The quantitative estimate of drug-likeness (QED) is 0.656. The third kappa shape index (κ3) is 3.64. The second kappa shape index (κ2) is 6.61. The van der Waals surface area contributed by atoms with E-state index in [0.29, 0.717) is 0 Å². The average molecular weight is 290 g/mol. The molecule has 1 fully saturated rings. The summed E-state index contributed by atoms with van der Waals surface area (Å²) in [6, 6.07) is 4.73. The van der Waals surface area contributed by atoms with Crippen LogP contribution in [0.5, 0.6) is 0 Å². The van der Waals surface area contributed by atoms with Gasteiger partial charge in [-0.3, -0.25) is 0 Å². The van der Waals surface area contributed by atoms with Gasteiger partial charge in [-0.15, -0.1) is 0 Å². The number of aryl methyl sites for hydroxylation is 3. The van der Waals surface area contributed by atoms with Gasteiger partial charge in [0.1, 0.15) is 0 Å². The first-order chi connectivity index (χ1) is 9.38. The fraction of sp³-hybridized carbons (Fsp3) is 0.684. The molecule has 0 heterocycles. The molecule has 0 bridgehead atoms. The van der Waals surface area contributed by atoms with Crippen molar-refractivity contribution in [2.45, 2.75) is 66.5 Å². The van der Waals surface area contributed by atoms with E-state index >= 15 is 0 Å². The van der Waals surface area contributed by atoms with Crippen molar-refractivity contribution in [3.8, 4) is 0 Å². The van der Waals surface area contributed by atoms with Crippen molar-refractivity contribution < 1.29 is 0 Å². The minimum atomic E-state index is 0.839. The molecule has 4 atom stereocenters. The van der Waals surface area contributed by atoms with Crippen molar-refractivity contribution in [1.82, 2.24) is 0 Å². The third-order valence-corrected chi connectivity index (χ3v) is 7.14. The normalized spacial score (nSPS) is 27.6. The molecule has 112 valence electrons. The molecule has 0 spiro atoms. The van der Waals surface area contributed by atoms with Gasteiger partial charge in [-0.25, -0.2) is 0 Å². The Morgan fingerprint density at radius 3 is 2.20 bits per heavy atom. The number of rotatable bonds is 3. The Labute approximate surface area is 127 Å². The molecule has 1 aliphatic rings. The maximum absolute atomic E-state index is 2.45. The Hall–Kier alpha value is -0.350. The summed E-state index contributed by atoms with van der Waals surface area (Å²) < 4.78 is 0. The molecule has 2 rings (SSSR count). The molecule has 1 aliphatic carbocycles. The van der Waals surface area contributed by atoms with Gasteiger partial charge >= 0.3 is 0 Å². The summed E-state index contributed by atoms with van der Waals surface area (Å²) in [5.41, 5.74) is 5.35. The SMILES string of the molecule is Cc1cc(C)c(P[C@@H]2C[C@H](C)CC[C@H]2C(C)C)c(C)c1. The lowest BCUT2D eigenvalue weighted by molar-refractivity contribution is 0.243. The van der Waals surface area contributed by atoms with E-state index in [1.807, 2.05) is 0 Å². The van der Waals surface area contributed by atoms with Gasteiger partial charge in [0.05, 0.1) is 0 Å². The van der Waals surface area contributed by atoms with Gasteiger partial charge in [-0.05, 0) is 73.5 Å². The minimum Gasteiger partial charge on any atom is -0.0863 e. The van der Waals surface area contributed by atoms with Crippen LogP contribution in [-0.4, -0.2) is 5.66 Å². The molecule has 1 saturated carbocycles. The second-order valence-corrected chi connectivity index (χ2v) is 8.88. The lowest BCUT2D eigenvalue weighted by Crippen LogP contribution is -2.31. The van der Waals surface area contributed by atoms with Gasteiger partial charge < -0.3 is 0 Å². The van der Waals surface area contributed by atoms with E-state index in [-0.39, 0.29) is 0 Å². The summed E-state index contributed by atoms with van der Waals surface area (Å²) in [6.45, 7) is 14.1. The number of hydrogen-bond donors (Lipinski definition) is 0. The van der Waals surface area contributed by atoms with Crippen LogP contribution >= 0.6 is 8.58 Å². The third-order valence-electron chi connectivity index (χ3n) is 5.03. The van der Waals surface area contributed by atoms with E-state index in [2.05, 4.69) is 53.7 Å². The van der Waals surface area contributed by atoms with Crippen molar-refractivity contribution >= 4 is 13.9 Å². The summed E-state index contributed by atoms with van der Waals surface area (Å²) in [5, 5.41) is 1.65. The molecule has 1 aromatic rings. The highest BCUT2D eigenvalue weighted by atomic mass is 31.1. The molecule has 0 radical (unpaired) electrons. The van der Waals surface area contributed by atoms with Gasteiger partial charge in [0.25, 0.3) is 0 Å². The Morgan fingerprint density at radius 2 is 1.65 bits per heavy atom. The molecule has 20 heavy (non-hydrogen) atoms. The van der Waals surface area contributed by atoms with Crippen LogP contribution in [0.2, 0.25) is 0 Å². The van der Waals surface area contributed by atoms with E-state index in [1.54, 1.807) is 5.30 Å². The van der Waals surface area contributed by atoms with Gasteiger partial charge in [0, 0.05) is 0 Å². The molecule has 0 N–H and O–H groups in total. The lowest BCUT2D eigenvalue weighted by atomic mass is 9.77. The highest BCUT2D eigenvalue weighted by Gasteiger charge is 2.31. The van der Waals surface area contributed by atoms with Crippen LogP contribution in [0.3, 0.4) is 0 Å². The highest BCUT2D eigenvalue weighted by molar-refractivity contribution is 7.48. The molecule has 1 heteroatoms. The van der Waals surface area contributed by atoms with Gasteiger partial charge in [0.15, 0.2) is 0 Å². The van der Waals surface area contributed by atoms with Crippen molar-refractivity contribution in [3.63, 3.8) is 0 Å². The maximum Gasteiger partial charge on any atom is -0.0163 e. The Balaban J connectivity index is 2.22. The standard InChI is InChI=1S/C19H31P/c1-12(2)17-8-7-13(3)11-18(17)20-19-15(5)9-14(4)10-16(19)6/h9-10,12-13,17-18,20H,7-8,11H2,1-6H3/t13-,17+,18-/m1/s1. The summed E-state index contributed by atoms with van der Waals surface area (Å²) in [6.07, 6.45) is 4.32. The lowest BCUT2D eigenvalue weighted by Gasteiger charge is -2.38. The van der Waals surface area contributed by atoms with Crippen molar-refractivity contribution in [2.75, 3.05) is 0 Å². The zero-order valence-corrected chi connectivity index (χ0v) is 15.1. The van der Waals surface area contributed by atoms with E-state index in [0.717, 1.165) is 32.0 Å². The van der Waals surface area contributed by atoms with Crippen LogP contribution in [0.4, 0.5) is 0 Å².